The monoisotopic (exact) mass is 288 g/mol. The van der Waals surface area contributed by atoms with Crippen LogP contribution < -0.4 is 5.32 Å². The van der Waals surface area contributed by atoms with Crippen LogP contribution in [0.15, 0.2) is 0 Å². The van der Waals surface area contributed by atoms with E-state index in [1.807, 2.05) is 4.90 Å². The summed E-state index contributed by atoms with van der Waals surface area (Å²) in [5, 5.41) is 3.39. The van der Waals surface area contributed by atoms with E-state index in [0.717, 1.165) is 38.8 Å². The lowest BCUT2D eigenvalue weighted by molar-refractivity contribution is -0.140. The lowest BCUT2D eigenvalue weighted by atomic mass is 9.79. The summed E-state index contributed by atoms with van der Waals surface area (Å²) in [5.41, 5.74) is -0.0505. The molecule has 1 N–H and O–H groups in total. The second kappa shape index (κ2) is 5.79. The number of hydrogen-bond acceptors (Lipinski definition) is 4. The molecule has 1 saturated heterocycles. The third-order valence-corrected chi connectivity index (χ3v) is 5.26. The largest absolute Gasteiger partial charge is 0.334 e. The smallest absolute Gasteiger partial charge is 0.224 e. The van der Waals surface area contributed by atoms with E-state index < -0.39 is 9.84 Å². The van der Waals surface area contributed by atoms with Gasteiger partial charge in [0.25, 0.3) is 0 Å². The van der Waals surface area contributed by atoms with Crippen LogP contribution in [0.1, 0.15) is 38.5 Å². The van der Waals surface area contributed by atoms with Crippen molar-refractivity contribution in [1.29, 1.82) is 0 Å². The van der Waals surface area contributed by atoms with E-state index in [9.17, 15) is 13.2 Å². The quantitative estimate of drug-likeness (QED) is 0.824. The van der Waals surface area contributed by atoms with Crippen molar-refractivity contribution in [3.05, 3.63) is 0 Å². The normalized spacial score (nSPS) is 23.5. The van der Waals surface area contributed by atoms with Gasteiger partial charge in [-0.2, -0.15) is 0 Å². The van der Waals surface area contributed by atoms with Crippen molar-refractivity contribution in [2.75, 3.05) is 31.6 Å². The number of piperazine rings is 1. The van der Waals surface area contributed by atoms with E-state index in [0.29, 0.717) is 6.54 Å². The summed E-state index contributed by atoms with van der Waals surface area (Å²) in [4.78, 5) is 14.3. The molecule has 1 amide bonds. The average Bonchev–Trinajstić information content (AvgIpc) is 2.37. The van der Waals surface area contributed by atoms with Crippen molar-refractivity contribution in [3.63, 3.8) is 0 Å². The first-order valence-corrected chi connectivity index (χ1v) is 9.18. The number of carbonyl (C=O) groups excluding carboxylic acids is 1. The maximum Gasteiger partial charge on any atom is 0.224 e. The molecule has 0 aromatic carbocycles. The number of nitrogens with zero attached hydrogens (tertiary/aromatic N) is 1. The highest BCUT2D eigenvalue weighted by molar-refractivity contribution is 7.90. The standard InChI is InChI=1S/C13H24N2O3S/c1-19(17,18)10-5-12(16)15-9-8-14-11-13(15)6-3-2-4-7-13/h14H,2-11H2,1H3. The van der Waals surface area contributed by atoms with Crippen molar-refractivity contribution in [3.8, 4) is 0 Å². The molecule has 0 atom stereocenters. The van der Waals surface area contributed by atoms with Crippen LogP contribution >= 0.6 is 0 Å². The van der Waals surface area contributed by atoms with Crippen LogP contribution in [0.5, 0.6) is 0 Å². The molecule has 5 nitrogen and oxygen atoms in total. The van der Waals surface area contributed by atoms with Gasteiger partial charge in [0.1, 0.15) is 9.84 Å². The van der Waals surface area contributed by atoms with E-state index in [4.69, 9.17) is 0 Å². The zero-order valence-electron chi connectivity index (χ0n) is 11.7. The molecule has 1 heterocycles. The van der Waals surface area contributed by atoms with Gasteiger partial charge in [-0.15, -0.1) is 0 Å². The molecule has 110 valence electrons. The van der Waals surface area contributed by atoms with Gasteiger partial charge in [-0.05, 0) is 12.8 Å². The Hall–Kier alpha value is -0.620. The third kappa shape index (κ3) is 3.69. The Morgan fingerprint density at radius 2 is 1.95 bits per heavy atom. The lowest BCUT2D eigenvalue weighted by Gasteiger charge is -2.50. The van der Waals surface area contributed by atoms with Gasteiger partial charge in [-0.25, -0.2) is 8.42 Å². The molecule has 19 heavy (non-hydrogen) atoms. The Bertz CT molecular complexity index is 419. The van der Waals surface area contributed by atoms with Gasteiger partial charge < -0.3 is 10.2 Å². The predicted molar refractivity (Wildman–Crippen MR) is 74.7 cm³/mol. The summed E-state index contributed by atoms with van der Waals surface area (Å²) < 4.78 is 22.4. The second-order valence-corrected chi connectivity index (χ2v) is 8.15. The highest BCUT2D eigenvalue weighted by Crippen LogP contribution is 2.34. The maximum atomic E-state index is 12.4. The molecule has 2 rings (SSSR count). The van der Waals surface area contributed by atoms with E-state index >= 15 is 0 Å². The van der Waals surface area contributed by atoms with Crippen molar-refractivity contribution >= 4 is 15.7 Å². The number of rotatable bonds is 3. The Morgan fingerprint density at radius 1 is 1.26 bits per heavy atom. The molecular formula is C13H24N2O3S. The Morgan fingerprint density at radius 3 is 2.58 bits per heavy atom. The van der Waals surface area contributed by atoms with Gasteiger partial charge in [-0.3, -0.25) is 4.79 Å². The summed E-state index contributed by atoms with van der Waals surface area (Å²) in [5.74, 6) is -0.0277. The number of amides is 1. The summed E-state index contributed by atoms with van der Waals surface area (Å²) in [6, 6.07) is 0. The predicted octanol–water partition coefficient (Wildman–Crippen LogP) is 0.556. The SMILES string of the molecule is CS(=O)(=O)CCC(=O)N1CCNCC12CCCCC2. The molecular weight excluding hydrogens is 264 g/mol. The molecule has 6 heteroatoms. The number of hydrogen-bond donors (Lipinski definition) is 1. The van der Waals surface area contributed by atoms with Gasteiger partial charge in [0, 0.05) is 32.3 Å². The minimum Gasteiger partial charge on any atom is -0.334 e. The fraction of sp³-hybridized carbons (Fsp3) is 0.923. The number of carbonyl (C=O) groups is 1. The zero-order valence-corrected chi connectivity index (χ0v) is 12.5. The summed E-state index contributed by atoms with van der Waals surface area (Å²) in [7, 11) is -3.06. The van der Waals surface area contributed by atoms with E-state index in [1.54, 1.807) is 0 Å². The number of nitrogens with one attached hydrogen (secondary N) is 1. The van der Waals surface area contributed by atoms with Gasteiger partial charge >= 0.3 is 0 Å². The summed E-state index contributed by atoms with van der Waals surface area (Å²) in [6.45, 7) is 2.38. The number of sulfone groups is 1. The summed E-state index contributed by atoms with van der Waals surface area (Å²) >= 11 is 0. The van der Waals surface area contributed by atoms with Crippen LogP contribution in [0.3, 0.4) is 0 Å². The fourth-order valence-corrected chi connectivity index (χ4v) is 3.84. The van der Waals surface area contributed by atoms with E-state index in [2.05, 4.69) is 5.32 Å². The third-order valence-electron chi connectivity index (χ3n) is 4.31. The van der Waals surface area contributed by atoms with Gasteiger partial charge in [0.05, 0.1) is 11.3 Å². The summed E-state index contributed by atoms with van der Waals surface area (Å²) in [6.07, 6.45) is 6.98. The first-order chi connectivity index (χ1) is 8.93. The molecule has 2 fully saturated rings. The minimum absolute atomic E-state index is 0.00817. The molecule has 0 radical (unpaired) electrons. The molecule has 1 spiro atoms. The topological polar surface area (TPSA) is 66.5 Å². The van der Waals surface area contributed by atoms with Crippen molar-refractivity contribution < 1.29 is 13.2 Å². The van der Waals surface area contributed by atoms with E-state index in [1.165, 1.54) is 12.7 Å². The Balaban J connectivity index is 2.04. The molecule has 0 aromatic rings. The van der Waals surface area contributed by atoms with Crippen molar-refractivity contribution in [1.82, 2.24) is 10.2 Å². The van der Waals surface area contributed by atoms with Crippen LogP contribution in [-0.2, 0) is 14.6 Å². The molecule has 1 aliphatic carbocycles. The Kier molecular flexibility index (Phi) is 4.50. The highest BCUT2D eigenvalue weighted by atomic mass is 32.2. The zero-order chi connectivity index (χ0) is 13.9. The second-order valence-electron chi connectivity index (χ2n) is 5.89. The van der Waals surface area contributed by atoms with Crippen LogP contribution in [0, 0.1) is 0 Å². The van der Waals surface area contributed by atoms with Gasteiger partial charge in [0.15, 0.2) is 0 Å². The molecule has 1 saturated carbocycles. The van der Waals surface area contributed by atoms with Gasteiger partial charge in [0.2, 0.25) is 5.91 Å². The molecule has 0 unspecified atom stereocenters. The molecule has 0 bridgehead atoms. The van der Waals surface area contributed by atoms with Crippen LogP contribution in [0.4, 0.5) is 0 Å². The van der Waals surface area contributed by atoms with Crippen LogP contribution in [-0.4, -0.2) is 56.4 Å². The molecule has 1 aliphatic heterocycles. The Labute approximate surface area is 115 Å². The minimum atomic E-state index is -3.06. The van der Waals surface area contributed by atoms with E-state index in [-0.39, 0.29) is 23.6 Å². The van der Waals surface area contributed by atoms with Crippen LogP contribution in [0.2, 0.25) is 0 Å². The highest BCUT2D eigenvalue weighted by Gasteiger charge is 2.41. The van der Waals surface area contributed by atoms with Crippen molar-refractivity contribution in [2.24, 2.45) is 0 Å². The average molecular weight is 288 g/mol. The fourth-order valence-electron chi connectivity index (χ4n) is 3.30. The molecule has 0 aromatic heterocycles. The first-order valence-electron chi connectivity index (χ1n) is 7.12. The maximum absolute atomic E-state index is 12.4. The lowest BCUT2D eigenvalue weighted by Crippen LogP contribution is -2.63. The molecule has 2 aliphatic rings. The van der Waals surface area contributed by atoms with Gasteiger partial charge in [-0.1, -0.05) is 19.3 Å². The van der Waals surface area contributed by atoms with Crippen LogP contribution in [0.25, 0.3) is 0 Å². The first kappa shape index (κ1) is 14.8. The van der Waals surface area contributed by atoms with Crippen molar-refractivity contribution in [2.45, 2.75) is 44.1 Å².